The summed E-state index contributed by atoms with van der Waals surface area (Å²) in [5, 5.41) is 0. The van der Waals surface area contributed by atoms with Crippen molar-refractivity contribution in [3.05, 3.63) is 47.0 Å². The van der Waals surface area contributed by atoms with Gasteiger partial charge < -0.3 is 9.30 Å². The summed E-state index contributed by atoms with van der Waals surface area (Å²) < 4.78 is 7.39. The molecule has 1 unspecified atom stereocenters. The van der Waals surface area contributed by atoms with Gasteiger partial charge in [0.1, 0.15) is 5.75 Å². The number of nitrogens with one attached hydrogen (secondary N) is 1. The molecule has 0 spiro atoms. The maximum atomic E-state index is 5.72. The predicted octanol–water partition coefficient (Wildman–Crippen LogP) is 1.60. The van der Waals surface area contributed by atoms with Gasteiger partial charge in [-0.25, -0.2) is 10.4 Å². The molecule has 102 valence electrons. The number of benzene rings is 1. The first-order valence-corrected chi connectivity index (χ1v) is 6.16. The monoisotopic (exact) mass is 260 g/mol. The SMILES string of the molecule is COc1cc(C)cc(C)c1C(NN)c1cn(C)cn1. The Morgan fingerprint density at radius 1 is 1.37 bits per heavy atom. The molecule has 2 aromatic rings. The van der Waals surface area contributed by atoms with E-state index >= 15 is 0 Å². The van der Waals surface area contributed by atoms with Gasteiger partial charge in [0.15, 0.2) is 0 Å². The van der Waals surface area contributed by atoms with Gasteiger partial charge >= 0.3 is 0 Å². The van der Waals surface area contributed by atoms with Crippen molar-refractivity contribution in [2.24, 2.45) is 12.9 Å². The molecule has 0 bridgehead atoms. The molecule has 0 aliphatic rings. The second kappa shape index (κ2) is 5.42. The lowest BCUT2D eigenvalue weighted by Crippen LogP contribution is -2.30. The molecule has 0 fully saturated rings. The number of methoxy groups -OCH3 is 1. The average Bonchev–Trinajstić information content (AvgIpc) is 2.78. The normalized spacial score (nSPS) is 12.5. The highest BCUT2D eigenvalue weighted by atomic mass is 16.5. The minimum Gasteiger partial charge on any atom is -0.496 e. The number of ether oxygens (including phenoxy) is 1. The lowest BCUT2D eigenvalue weighted by Gasteiger charge is -2.20. The highest BCUT2D eigenvalue weighted by molar-refractivity contribution is 5.47. The van der Waals surface area contributed by atoms with Crippen LogP contribution in [0.2, 0.25) is 0 Å². The van der Waals surface area contributed by atoms with Gasteiger partial charge in [0, 0.05) is 18.8 Å². The molecule has 0 aliphatic heterocycles. The Bertz CT molecular complexity index is 577. The Morgan fingerprint density at radius 2 is 2.11 bits per heavy atom. The number of rotatable bonds is 4. The molecule has 2 rings (SSSR count). The van der Waals surface area contributed by atoms with Crippen molar-refractivity contribution in [2.75, 3.05) is 7.11 Å². The summed E-state index contributed by atoms with van der Waals surface area (Å²) in [4.78, 5) is 4.37. The van der Waals surface area contributed by atoms with Crippen LogP contribution in [0, 0.1) is 13.8 Å². The van der Waals surface area contributed by atoms with E-state index in [2.05, 4.69) is 23.4 Å². The first-order chi connectivity index (χ1) is 9.06. The average molecular weight is 260 g/mol. The van der Waals surface area contributed by atoms with E-state index in [1.54, 1.807) is 13.4 Å². The Kier molecular flexibility index (Phi) is 3.87. The van der Waals surface area contributed by atoms with Crippen molar-refractivity contribution in [3.63, 3.8) is 0 Å². The van der Waals surface area contributed by atoms with E-state index in [0.717, 1.165) is 28.1 Å². The van der Waals surface area contributed by atoms with Gasteiger partial charge in [-0.05, 0) is 31.0 Å². The Labute approximate surface area is 113 Å². The first-order valence-electron chi connectivity index (χ1n) is 6.16. The third-order valence-corrected chi connectivity index (χ3v) is 3.19. The van der Waals surface area contributed by atoms with Gasteiger partial charge in [0.05, 0.1) is 25.2 Å². The first kappa shape index (κ1) is 13.6. The van der Waals surface area contributed by atoms with E-state index in [-0.39, 0.29) is 6.04 Å². The van der Waals surface area contributed by atoms with Gasteiger partial charge in [-0.3, -0.25) is 5.84 Å². The minimum atomic E-state index is -0.184. The van der Waals surface area contributed by atoms with E-state index in [1.165, 1.54) is 0 Å². The largest absolute Gasteiger partial charge is 0.496 e. The molecule has 1 aromatic carbocycles. The molecule has 0 aliphatic carbocycles. The summed E-state index contributed by atoms with van der Waals surface area (Å²) in [6.07, 6.45) is 3.71. The molecule has 3 N–H and O–H groups in total. The van der Waals surface area contributed by atoms with Crippen molar-refractivity contribution in [1.82, 2.24) is 15.0 Å². The molecule has 1 atom stereocenters. The zero-order chi connectivity index (χ0) is 14.0. The van der Waals surface area contributed by atoms with Crippen LogP contribution < -0.4 is 16.0 Å². The van der Waals surface area contributed by atoms with E-state index in [1.807, 2.05) is 30.8 Å². The summed E-state index contributed by atoms with van der Waals surface area (Å²) in [6.45, 7) is 4.10. The summed E-state index contributed by atoms with van der Waals surface area (Å²) in [7, 11) is 3.60. The minimum absolute atomic E-state index is 0.184. The zero-order valence-electron chi connectivity index (χ0n) is 11.8. The van der Waals surface area contributed by atoms with Crippen molar-refractivity contribution in [2.45, 2.75) is 19.9 Å². The van der Waals surface area contributed by atoms with Gasteiger partial charge in [0.25, 0.3) is 0 Å². The van der Waals surface area contributed by atoms with Crippen molar-refractivity contribution < 1.29 is 4.74 Å². The second-order valence-electron chi connectivity index (χ2n) is 4.76. The fourth-order valence-corrected chi connectivity index (χ4v) is 2.38. The highest BCUT2D eigenvalue weighted by Crippen LogP contribution is 2.32. The lowest BCUT2D eigenvalue weighted by molar-refractivity contribution is 0.403. The smallest absolute Gasteiger partial charge is 0.124 e. The van der Waals surface area contributed by atoms with Crippen molar-refractivity contribution in [1.29, 1.82) is 0 Å². The summed E-state index contributed by atoms with van der Waals surface area (Å²) in [6, 6.07) is 3.94. The van der Waals surface area contributed by atoms with Crippen LogP contribution in [0.25, 0.3) is 0 Å². The number of aromatic nitrogens is 2. The molecule has 5 heteroatoms. The molecule has 1 aromatic heterocycles. The Balaban J connectivity index is 2.55. The Hall–Kier alpha value is -1.85. The van der Waals surface area contributed by atoms with E-state index < -0.39 is 0 Å². The van der Waals surface area contributed by atoms with E-state index in [0.29, 0.717) is 0 Å². The van der Waals surface area contributed by atoms with Crippen molar-refractivity contribution in [3.8, 4) is 5.75 Å². The summed E-state index contributed by atoms with van der Waals surface area (Å²) >= 11 is 0. The van der Waals surface area contributed by atoms with Gasteiger partial charge in [-0.15, -0.1) is 0 Å². The third kappa shape index (κ3) is 2.62. The molecule has 0 saturated heterocycles. The van der Waals surface area contributed by atoms with Gasteiger partial charge in [0.2, 0.25) is 0 Å². The molecule has 5 nitrogen and oxygen atoms in total. The van der Waals surface area contributed by atoms with E-state index in [4.69, 9.17) is 10.6 Å². The van der Waals surface area contributed by atoms with E-state index in [9.17, 15) is 0 Å². The van der Waals surface area contributed by atoms with Gasteiger partial charge in [-0.2, -0.15) is 0 Å². The van der Waals surface area contributed by atoms with Crippen LogP contribution in [-0.2, 0) is 7.05 Å². The second-order valence-corrected chi connectivity index (χ2v) is 4.76. The van der Waals surface area contributed by atoms with Crippen LogP contribution in [0.4, 0.5) is 0 Å². The fraction of sp³-hybridized carbons (Fsp3) is 0.357. The van der Waals surface area contributed by atoms with Crippen LogP contribution in [0.3, 0.4) is 0 Å². The molecule has 0 saturated carbocycles. The van der Waals surface area contributed by atoms with Crippen LogP contribution in [-0.4, -0.2) is 16.7 Å². The number of nitrogens with zero attached hydrogens (tertiary/aromatic N) is 2. The fourth-order valence-electron chi connectivity index (χ4n) is 2.38. The predicted molar refractivity (Wildman–Crippen MR) is 74.8 cm³/mol. The highest BCUT2D eigenvalue weighted by Gasteiger charge is 2.21. The zero-order valence-corrected chi connectivity index (χ0v) is 11.8. The number of nitrogens with two attached hydrogens (primary N) is 1. The number of aryl methyl sites for hydroxylation is 3. The molecule has 19 heavy (non-hydrogen) atoms. The molecule has 0 amide bonds. The van der Waals surface area contributed by atoms with Gasteiger partial charge in [-0.1, -0.05) is 6.07 Å². The standard InChI is InChI=1S/C14H20N4O/c1-9-5-10(2)13(12(6-9)19-4)14(17-15)11-7-18(3)8-16-11/h5-8,14,17H,15H2,1-4H3. The number of hydrazine groups is 1. The molecular formula is C14H20N4O. The number of hydrogen-bond donors (Lipinski definition) is 2. The van der Waals surface area contributed by atoms with Crippen molar-refractivity contribution >= 4 is 0 Å². The number of imidazole rings is 1. The maximum absolute atomic E-state index is 5.72. The lowest BCUT2D eigenvalue weighted by atomic mass is 9.96. The third-order valence-electron chi connectivity index (χ3n) is 3.19. The Morgan fingerprint density at radius 3 is 2.63 bits per heavy atom. The maximum Gasteiger partial charge on any atom is 0.124 e. The van der Waals surface area contributed by atoms with Crippen LogP contribution in [0.15, 0.2) is 24.7 Å². The topological polar surface area (TPSA) is 65.1 Å². The van der Waals surface area contributed by atoms with Crippen LogP contribution >= 0.6 is 0 Å². The number of hydrogen-bond acceptors (Lipinski definition) is 4. The van der Waals surface area contributed by atoms with Crippen LogP contribution in [0.1, 0.15) is 28.4 Å². The summed E-state index contributed by atoms with van der Waals surface area (Å²) in [5.41, 5.74) is 7.01. The molecule has 0 radical (unpaired) electrons. The quantitative estimate of drug-likeness (QED) is 0.647. The summed E-state index contributed by atoms with van der Waals surface area (Å²) in [5.74, 6) is 6.55. The van der Waals surface area contributed by atoms with Crippen LogP contribution in [0.5, 0.6) is 5.75 Å². The molecular weight excluding hydrogens is 240 g/mol. The molecule has 1 heterocycles.